The largest absolute Gasteiger partial charge is 0.134 e. The van der Waals surface area contributed by atoms with E-state index in [1.807, 2.05) is 11.3 Å². The van der Waals surface area contributed by atoms with Gasteiger partial charge in [-0.1, -0.05) is 97.2 Å². The molecule has 0 N–H and O–H groups in total. The third-order valence-electron chi connectivity index (χ3n) is 10.3. The van der Waals surface area contributed by atoms with E-state index in [9.17, 15) is 0 Å². The van der Waals surface area contributed by atoms with Gasteiger partial charge in [0.1, 0.15) is 0 Å². The molecule has 200 valence electrons. The van der Waals surface area contributed by atoms with Gasteiger partial charge in [-0.05, 0) is 118 Å². The van der Waals surface area contributed by atoms with Gasteiger partial charge in [0.25, 0.3) is 0 Å². The van der Waals surface area contributed by atoms with Crippen molar-refractivity contribution in [2.24, 2.45) is 11.8 Å². The Hall–Kier alpha value is -3.68. The Kier molecular flexibility index (Phi) is 5.51. The fourth-order valence-electron chi connectivity index (χ4n) is 8.18. The molecule has 2 aromatic carbocycles. The first-order chi connectivity index (χ1) is 20.3. The van der Waals surface area contributed by atoms with Crippen LogP contribution in [0.25, 0.3) is 32.5 Å². The highest BCUT2D eigenvalue weighted by Gasteiger charge is 2.29. The lowest BCUT2D eigenvalue weighted by molar-refractivity contribution is 0.551. The van der Waals surface area contributed by atoms with Gasteiger partial charge in [-0.2, -0.15) is 0 Å². The van der Waals surface area contributed by atoms with Crippen molar-refractivity contribution in [1.29, 1.82) is 0 Å². The van der Waals surface area contributed by atoms with E-state index in [0.29, 0.717) is 5.92 Å². The Bertz CT molecular complexity index is 2040. The number of hydrogen-bond acceptors (Lipinski definition) is 1. The average Bonchev–Trinajstić information content (AvgIpc) is 3.43. The van der Waals surface area contributed by atoms with Crippen molar-refractivity contribution < 1.29 is 0 Å². The second kappa shape index (κ2) is 9.43. The van der Waals surface area contributed by atoms with Crippen LogP contribution in [0.5, 0.6) is 0 Å². The van der Waals surface area contributed by atoms with Crippen LogP contribution in [0.15, 0.2) is 130 Å². The maximum atomic E-state index is 2.52. The lowest BCUT2D eigenvalue weighted by atomic mass is 9.71. The highest BCUT2D eigenvalue weighted by atomic mass is 32.1. The van der Waals surface area contributed by atoms with Crippen LogP contribution in [-0.4, -0.2) is 0 Å². The molecular formula is C40H34S. The quantitative estimate of drug-likeness (QED) is 0.300. The number of thiophene rings is 1. The van der Waals surface area contributed by atoms with Crippen LogP contribution in [0.4, 0.5) is 0 Å². The zero-order valence-electron chi connectivity index (χ0n) is 23.5. The van der Waals surface area contributed by atoms with Gasteiger partial charge in [-0.3, -0.25) is 0 Å². The number of rotatable bonds is 2. The predicted molar refractivity (Wildman–Crippen MR) is 176 cm³/mol. The molecule has 0 aliphatic heterocycles. The molecule has 9 rings (SSSR count). The van der Waals surface area contributed by atoms with Crippen molar-refractivity contribution >= 4 is 43.8 Å². The van der Waals surface area contributed by atoms with Gasteiger partial charge in [-0.25, -0.2) is 0 Å². The normalized spacial score (nSPS) is 24.9. The molecule has 0 radical (unpaired) electrons. The second-order valence-electron chi connectivity index (χ2n) is 12.6. The van der Waals surface area contributed by atoms with E-state index in [2.05, 4.69) is 97.2 Å². The van der Waals surface area contributed by atoms with Crippen LogP contribution in [-0.2, 0) is 0 Å². The molecule has 0 bridgehead atoms. The summed E-state index contributed by atoms with van der Waals surface area (Å²) in [7, 11) is 0. The lowest BCUT2D eigenvalue weighted by Crippen LogP contribution is -2.26. The summed E-state index contributed by atoms with van der Waals surface area (Å²) in [6, 6.07) is 13.5. The minimum absolute atomic E-state index is 0.508. The van der Waals surface area contributed by atoms with E-state index in [-0.39, 0.29) is 0 Å². The molecule has 3 aromatic rings. The highest BCUT2D eigenvalue weighted by Crippen LogP contribution is 2.45. The summed E-state index contributed by atoms with van der Waals surface area (Å²) in [4.78, 5) is 0. The monoisotopic (exact) mass is 546 g/mol. The molecule has 0 fully saturated rings. The van der Waals surface area contributed by atoms with Crippen molar-refractivity contribution in [1.82, 2.24) is 0 Å². The Balaban J connectivity index is 1.09. The SMILES string of the molecule is C1=CC2=CC=C(C3=CC4=C(CC3)C3=CC=C(C5=c6sc7c(ccc8ccccc87)c6=CCC5)CC3C=C4)CC2CC1. The van der Waals surface area contributed by atoms with Gasteiger partial charge >= 0.3 is 0 Å². The molecule has 0 spiro atoms. The number of hydrogen-bond donors (Lipinski definition) is 0. The summed E-state index contributed by atoms with van der Waals surface area (Å²) < 4.78 is 2.97. The van der Waals surface area contributed by atoms with E-state index in [0.717, 1.165) is 25.2 Å². The first-order valence-corrected chi connectivity index (χ1v) is 16.4. The molecule has 1 aromatic heterocycles. The molecule has 0 amide bonds. The van der Waals surface area contributed by atoms with Gasteiger partial charge in [-0.15, -0.1) is 11.3 Å². The lowest BCUT2D eigenvalue weighted by Gasteiger charge is -2.33. The molecule has 2 atom stereocenters. The van der Waals surface area contributed by atoms with Crippen molar-refractivity contribution in [2.75, 3.05) is 0 Å². The van der Waals surface area contributed by atoms with Crippen LogP contribution in [0.1, 0.15) is 51.4 Å². The fourth-order valence-corrected chi connectivity index (χ4v) is 9.63. The molecule has 41 heavy (non-hydrogen) atoms. The minimum Gasteiger partial charge on any atom is -0.134 e. The molecule has 0 saturated heterocycles. The number of allylic oxidation sites excluding steroid dienone is 16. The smallest absolute Gasteiger partial charge is 0.0433 e. The number of benzene rings is 2. The van der Waals surface area contributed by atoms with Crippen molar-refractivity contribution in [3.63, 3.8) is 0 Å². The zero-order chi connectivity index (χ0) is 26.9. The summed E-state index contributed by atoms with van der Waals surface area (Å²) in [5, 5.41) is 5.65. The Morgan fingerprint density at radius 1 is 0.732 bits per heavy atom. The highest BCUT2D eigenvalue weighted by molar-refractivity contribution is 7.18. The van der Waals surface area contributed by atoms with Crippen LogP contribution in [0.3, 0.4) is 0 Å². The first kappa shape index (κ1) is 24.0. The summed E-state index contributed by atoms with van der Waals surface area (Å²) in [6.07, 6.45) is 34.0. The Morgan fingerprint density at radius 2 is 1.68 bits per heavy atom. The minimum atomic E-state index is 0.508. The van der Waals surface area contributed by atoms with Gasteiger partial charge in [0.05, 0.1) is 0 Å². The average molecular weight is 547 g/mol. The topological polar surface area (TPSA) is 0 Å². The molecule has 6 aliphatic rings. The molecule has 6 aliphatic carbocycles. The maximum absolute atomic E-state index is 2.52. The molecule has 1 heteroatoms. The van der Waals surface area contributed by atoms with Gasteiger partial charge in [0, 0.05) is 20.5 Å². The van der Waals surface area contributed by atoms with E-state index >= 15 is 0 Å². The summed E-state index contributed by atoms with van der Waals surface area (Å²) in [5.74, 6) is 1.23. The fraction of sp³-hybridized carbons (Fsp3) is 0.250. The van der Waals surface area contributed by atoms with Crippen molar-refractivity contribution in [3.8, 4) is 0 Å². The molecule has 0 nitrogen and oxygen atoms in total. The summed E-state index contributed by atoms with van der Waals surface area (Å²) in [5.41, 5.74) is 12.5. The Labute approximate surface area is 246 Å². The maximum Gasteiger partial charge on any atom is 0.0433 e. The zero-order valence-corrected chi connectivity index (χ0v) is 24.3. The van der Waals surface area contributed by atoms with E-state index in [1.54, 1.807) is 33.4 Å². The third kappa shape index (κ3) is 3.86. The second-order valence-corrected chi connectivity index (χ2v) is 13.6. The Morgan fingerprint density at radius 3 is 2.68 bits per heavy atom. The number of fused-ring (bicyclic) bond motifs is 8. The van der Waals surface area contributed by atoms with E-state index in [1.165, 1.54) is 73.9 Å². The molecule has 2 unspecified atom stereocenters. The summed E-state index contributed by atoms with van der Waals surface area (Å²) in [6.45, 7) is 0. The first-order valence-electron chi connectivity index (χ1n) is 15.5. The van der Waals surface area contributed by atoms with Crippen LogP contribution in [0, 0.1) is 11.8 Å². The van der Waals surface area contributed by atoms with Crippen molar-refractivity contribution in [3.05, 3.63) is 140 Å². The van der Waals surface area contributed by atoms with Crippen LogP contribution >= 0.6 is 11.3 Å². The molecule has 0 saturated carbocycles. The van der Waals surface area contributed by atoms with Gasteiger partial charge in [0.2, 0.25) is 0 Å². The van der Waals surface area contributed by atoms with Crippen LogP contribution < -0.4 is 9.75 Å². The molecular weight excluding hydrogens is 513 g/mol. The molecule has 1 heterocycles. The van der Waals surface area contributed by atoms with Gasteiger partial charge in [0.15, 0.2) is 0 Å². The van der Waals surface area contributed by atoms with E-state index in [4.69, 9.17) is 0 Å². The predicted octanol–water partition coefficient (Wildman–Crippen LogP) is 9.46. The van der Waals surface area contributed by atoms with Gasteiger partial charge < -0.3 is 0 Å². The standard InChI is InChI=1S/C40H34S/c1-2-8-27-22-28(13-12-25(27)6-1)29-17-19-33-30(23-29)14-15-31-24-32(18-20-34(31)33)36-10-5-11-37-38-21-16-26-7-3-4-9-35(26)39(38)41-40(36)37/h1,3-4,6-7,9,11-16,18,20-21,23,27,31H,2,5,8,10,17,19,22,24H2. The van der Waals surface area contributed by atoms with E-state index < -0.39 is 0 Å². The summed E-state index contributed by atoms with van der Waals surface area (Å²) >= 11 is 2.02. The van der Waals surface area contributed by atoms with Crippen molar-refractivity contribution in [2.45, 2.75) is 51.4 Å². The third-order valence-corrected chi connectivity index (χ3v) is 11.6. The van der Waals surface area contributed by atoms with Crippen LogP contribution in [0.2, 0.25) is 0 Å².